The first-order chi connectivity index (χ1) is 11.8. The number of hydrazine groups is 1. The number of nitrogens with two attached hydrogens (primary N) is 1. The molecule has 0 aliphatic carbocycles. The smallest absolute Gasteiger partial charge is 0.173 e. The van der Waals surface area contributed by atoms with Crippen LogP contribution in [0.5, 0.6) is 5.75 Å². The van der Waals surface area contributed by atoms with E-state index in [1.54, 1.807) is 7.11 Å². The second-order valence-corrected chi connectivity index (χ2v) is 4.93. The van der Waals surface area contributed by atoms with Crippen molar-refractivity contribution in [3.8, 4) is 5.75 Å². The monoisotopic (exact) mass is 322 g/mol. The molecule has 0 unspecified atom stereocenters. The second-order valence-electron chi connectivity index (χ2n) is 4.93. The van der Waals surface area contributed by atoms with Gasteiger partial charge in [-0.05, 0) is 24.3 Å². The zero-order valence-corrected chi connectivity index (χ0v) is 13.2. The van der Waals surface area contributed by atoms with E-state index in [4.69, 9.17) is 10.5 Å². The highest BCUT2D eigenvalue weighted by Crippen LogP contribution is 2.30. The van der Waals surface area contributed by atoms with Gasteiger partial charge in [0.2, 0.25) is 0 Å². The molecule has 3 rings (SSSR count). The number of hydrogen-bond acceptors (Lipinski definition) is 7. The molecule has 2 aromatic carbocycles. The third-order valence-corrected chi connectivity index (χ3v) is 3.34. The van der Waals surface area contributed by atoms with Crippen molar-refractivity contribution in [3.63, 3.8) is 0 Å². The molecule has 122 valence electrons. The molecule has 0 amide bonds. The zero-order valence-electron chi connectivity index (χ0n) is 13.2. The van der Waals surface area contributed by atoms with Gasteiger partial charge in [-0.1, -0.05) is 30.3 Å². The van der Waals surface area contributed by atoms with Gasteiger partial charge in [-0.15, -0.1) is 0 Å². The summed E-state index contributed by atoms with van der Waals surface area (Å²) < 4.78 is 5.32. The fourth-order valence-corrected chi connectivity index (χ4v) is 2.12. The molecular weight excluding hydrogens is 304 g/mol. The number of nitrogen functional groups attached to an aromatic ring is 1. The number of benzene rings is 2. The first-order valence-electron chi connectivity index (χ1n) is 7.35. The number of anilines is 5. The maximum absolute atomic E-state index is 6.16. The molecule has 0 spiro atoms. The minimum absolute atomic E-state index is 0.395. The number of hydrogen-bond donors (Lipinski definition) is 4. The number of ether oxygens (including phenoxy) is 1. The number of nitrogens with zero attached hydrogens (tertiary/aromatic N) is 2. The van der Waals surface area contributed by atoms with Gasteiger partial charge in [0, 0.05) is 0 Å². The molecule has 0 bridgehead atoms. The van der Waals surface area contributed by atoms with Gasteiger partial charge in [0.15, 0.2) is 11.6 Å². The fraction of sp³-hybridized carbons (Fsp3) is 0.0588. The average molecular weight is 322 g/mol. The molecule has 0 radical (unpaired) electrons. The molecule has 24 heavy (non-hydrogen) atoms. The van der Waals surface area contributed by atoms with Crippen LogP contribution in [0.4, 0.5) is 28.7 Å². The number of rotatable bonds is 6. The largest absolute Gasteiger partial charge is 0.495 e. The van der Waals surface area contributed by atoms with Crippen molar-refractivity contribution < 1.29 is 4.74 Å². The van der Waals surface area contributed by atoms with Gasteiger partial charge in [0.25, 0.3) is 0 Å². The Balaban J connectivity index is 1.78. The van der Waals surface area contributed by atoms with E-state index in [-0.39, 0.29) is 0 Å². The van der Waals surface area contributed by atoms with Crippen LogP contribution in [0.3, 0.4) is 0 Å². The molecule has 7 nitrogen and oxygen atoms in total. The van der Waals surface area contributed by atoms with Crippen LogP contribution < -0.4 is 26.6 Å². The molecule has 0 fully saturated rings. The number of aromatic nitrogens is 2. The maximum atomic E-state index is 6.16. The Labute approximate surface area is 139 Å². The first kappa shape index (κ1) is 15.4. The van der Waals surface area contributed by atoms with E-state index in [2.05, 4.69) is 26.1 Å². The summed E-state index contributed by atoms with van der Waals surface area (Å²) in [6.45, 7) is 0. The van der Waals surface area contributed by atoms with Gasteiger partial charge in [0.05, 0.1) is 18.5 Å². The lowest BCUT2D eigenvalue weighted by molar-refractivity contribution is 0.417. The zero-order chi connectivity index (χ0) is 16.8. The lowest BCUT2D eigenvalue weighted by Gasteiger charge is -2.15. The molecule has 0 aliphatic heterocycles. The van der Waals surface area contributed by atoms with E-state index in [1.807, 2.05) is 54.6 Å². The lowest BCUT2D eigenvalue weighted by atomic mass is 10.3. The lowest BCUT2D eigenvalue weighted by Crippen LogP contribution is -2.13. The van der Waals surface area contributed by atoms with E-state index >= 15 is 0 Å². The Hall–Kier alpha value is -3.48. The van der Waals surface area contributed by atoms with Crippen molar-refractivity contribution >= 4 is 28.7 Å². The summed E-state index contributed by atoms with van der Waals surface area (Å²) in [7, 11) is 1.61. The van der Waals surface area contributed by atoms with Crippen LogP contribution in [0.25, 0.3) is 0 Å². The Morgan fingerprint density at radius 3 is 2.38 bits per heavy atom. The van der Waals surface area contributed by atoms with E-state index in [0.717, 1.165) is 11.4 Å². The van der Waals surface area contributed by atoms with E-state index in [9.17, 15) is 0 Å². The van der Waals surface area contributed by atoms with Gasteiger partial charge in [-0.3, -0.25) is 10.9 Å². The van der Waals surface area contributed by atoms with Crippen molar-refractivity contribution in [2.75, 3.05) is 29.0 Å². The van der Waals surface area contributed by atoms with Crippen LogP contribution in [0, 0.1) is 0 Å². The SMILES string of the molecule is COc1ccccc1Nc1ncnc(NNc2ccccc2)c1N. The summed E-state index contributed by atoms with van der Waals surface area (Å²) in [6.07, 6.45) is 1.43. The van der Waals surface area contributed by atoms with Crippen molar-refractivity contribution in [3.05, 3.63) is 60.9 Å². The third kappa shape index (κ3) is 3.46. The molecule has 0 saturated carbocycles. The van der Waals surface area contributed by atoms with Crippen LogP contribution in [-0.4, -0.2) is 17.1 Å². The standard InChI is InChI=1S/C17H18N6O/c1-24-14-10-6-5-9-13(14)21-16-15(18)17(20-11-19-16)23-22-12-7-3-2-4-8-12/h2-11,22H,18H2,1H3,(H2,19,20,21,23). The quantitative estimate of drug-likeness (QED) is 0.517. The van der Waals surface area contributed by atoms with Crippen molar-refractivity contribution in [1.29, 1.82) is 0 Å². The highest BCUT2D eigenvalue weighted by atomic mass is 16.5. The van der Waals surface area contributed by atoms with E-state index in [1.165, 1.54) is 6.33 Å². The van der Waals surface area contributed by atoms with Crippen molar-refractivity contribution in [2.45, 2.75) is 0 Å². The summed E-state index contributed by atoms with van der Waals surface area (Å²) >= 11 is 0. The number of methoxy groups -OCH3 is 1. The normalized spacial score (nSPS) is 10.0. The van der Waals surface area contributed by atoms with Crippen molar-refractivity contribution in [2.24, 2.45) is 0 Å². The highest BCUT2D eigenvalue weighted by molar-refractivity contribution is 5.79. The summed E-state index contributed by atoms with van der Waals surface area (Å²) in [4.78, 5) is 8.35. The van der Waals surface area contributed by atoms with Crippen LogP contribution in [-0.2, 0) is 0 Å². The second kappa shape index (κ2) is 7.19. The summed E-state index contributed by atoms with van der Waals surface area (Å²) in [5.74, 6) is 1.67. The Bertz CT molecular complexity index is 809. The number of nitrogens with one attached hydrogen (secondary N) is 3. The number of para-hydroxylation sites is 3. The topological polar surface area (TPSA) is 97.1 Å². The van der Waals surface area contributed by atoms with Gasteiger partial charge in [-0.2, -0.15) is 0 Å². The van der Waals surface area contributed by atoms with E-state index in [0.29, 0.717) is 23.1 Å². The molecule has 0 saturated heterocycles. The maximum Gasteiger partial charge on any atom is 0.173 e. The Morgan fingerprint density at radius 1 is 0.875 bits per heavy atom. The highest BCUT2D eigenvalue weighted by Gasteiger charge is 2.10. The van der Waals surface area contributed by atoms with Crippen LogP contribution in [0.2, 0.25) is 0 Å². The predicted molar refractivity (Wildman–Crippen MR) is 96.4 cm³/mol. The average Bonchev–Trinajstić information content (AvgIpc) is 2.64. The molecule has 0 atom stereocenters. The van der Waals surface area contributed by atoms with Gasteiger partial charge < -0.3 is 15.8 Å². The third-order valence-electron chi connectivity index (χ3n) is 3.34. The summed E-state index contributed by atoms with van der Waals surface area (Å²) in [5, 5.41) is 3.16. The minimum atomic E-state index is 0.395. The van der Waals surface area contributed by atoms with Crippen LogP contribution >= 0.6 is 0 Å². The molecule has 1 heterocycles. The van der Waals surface area contributed by atoms with Gasteiger partial charge in [0.1, 0.15) is 17.8 Å². The molecule has 3 aromatic rings. The fourth-order valence-electron chi connectivity index (χ4n) is 2.12. The first-order valence-corrected chi connectivity index (χ1v) is 7.35. The minimum Gasteiger partial charge on any atom is -0.495 e. The predicted octanol–water partition coefficient (Wildman–Crippen LogP) is 3.25. The van der Waals surface area contributed by atoms with Gasteiger partial charge in [-0.25, -0.2) is 9.97 Å². The molecular formula is C17H18N6O. The molecule has 5 N–H and O–H groups in total. The van der Waals surface area contributed by atoms with E-state index < -0.39 is 0 Å². The molecule has 7 heteroatoms. The van der Waals surface area contributed by atoms with Crippen LogP contribution in [0.15, 0.2) is 60.9 Å². The summed E-state index contributed by atoms with van der Waals surface area (Å²) in [6, 6.07) is 17.2. The van der Waals surface area contributed by atoms with Crippen LogP contribution in [0.1, 0.15) is 0 Å². The van der Waals surface area contributed by atoms with Gasteiger partial charge >= 0.3 is 0 Å². The summed E-state index contributed by atoms with van der Waals surface area (Å²) in [5.41, 5.74) is 14.2. The Kier molecular flexibility index (Phi) is 4.62. The van der Waals surface area contributed by atoms with Crippen molar-refractivity contribution in [1.82, 2.24) is 9.97 Å². The molecule has 0 aliphatic rings. The Morgan fingerprint density at radius 2 is 1.58 bits per heavy atom. The molecule has 1 aromatic heterocycles.